The Balaban J connectivity index is 1.46. The Labute approximate surface area is 147 Å². The van der Waals surface area contributed by atoms with Crippen LogP contribution in [0.3, 0.4) is 0 Å². The highest BCUT2D eigenvalue weighted by atomic mass is 32.2. The number of hydrogen-bond donors (Lipinski definition) is 0. The maximum absolute atomic E-state index is 13.0. The lowest BCUT2D eigenvalue weighted by Gasteiger charge is -2.37. The first-order valence-corrected chi connectivity index (χ1v) is 10.5. The standard InChI is InChI=1S/C18H23N3O3S/c1-19-7-5-15-16(3-2-4-17(15)19)18(22)21-10-8-20(9-11-21)14-6-12-25(23,24)13-14/h2-5,7,14H,6,8-13H2,1H3/t14-/m1/s1. The molecule has 2 aromatic rings. The number of carbonyl (C=O) groups excluding carboxylic acids is 1. The van der Waals surface area contributed by atoms with Crippen molar-refractivity contribution >= 4 is 26.6 Å². The van der Waals surface area contributed by atoms with Crippen molar-refractivity contribution in [2.24, 2.45) is 7.05 Å². The van der Waals surface area contributed by atoms with Gasteiger partial charge < -0.3 is 9.47 Å². The van der Waals surface area contributed by atoms with Crippen molar-refractivity contribution < 1.29 is 13.2 Å². The normalized spacial score (nSPS) is 24.0. The summed E-state index contributed by atoms with van der Waals surface area (Å²) in [6.07, 6.45) is 2.69. The molecule has 0 aliphatic carbocycles. The van der Waals surface area contributed by atoms with E-state index >= 15 is 0 Å². The summed E-state index contributed by atoms with van der Waals surface area (Å²) in [6.45, 7) is 2.80. The molecule has 25 heavy (non-hydrogen) atoms. The molecule has 7 heteroatoms. The summed E-state index contributed by atoms with van der Waals surface area (Å²) in [4.78, 5) is 17.1. The molecule has 2 aliphatic heterocycles. The molecule has 0 saturated carbocycles. The molecule has 0 spiro atoms. The molecule has 1 atom stereocenters. The van der Waals surface area contributed by atoms with Crippen molar-refractivity contribution in [2.75, 3.05) is 37.7 Å². The van der Waals surface area contributed by atoms with Crippen molar-refractivity contribution in [1.29, 1.82) is 0 Å². The fourth-order valence-electron chi connectivity index (χ4n) is 4.01. The molecule has 1 aromatic carbocycles. The van der Waals surface area contributed by atoms with Crippen LogP contribution >= 0.6 is 0 Å². The van der Waals surface area contributed by atoms with E-state index in [0.29, 0.717) is 18.8 Å². The van der Waals surface area contributed by atoms with Gasteiger partial charge in [-0.05, 0) is 24.6 Å². The Kier molecular flexibility index (Phi) is 4.08. The number of amides is 1. The monoisotopic (exact) mass is 361 g/mol. The maximum atomic E-state index is 13.0. The van der Waals surface area contributed by atoms with Gasteiger partial charge in [0.2, 0.25) is 0 Å². The van der Waals surface area contributed by atoms with Gasteiger partial charge in [-0.2, -0.15) is 0 Å². The molecule has 1 amide bonds. The molecule has 0 N–H and O–H groups in total. The van der Waals surface area contributed by atoms with Crippen molar-refractivity contribution in [1.82, 2.24) is 14.4 Å². The highest BCUT2D eigenvalue weighted by molar-refractivity contribution is 7.91. The molecule has 1 aromatic heterocycles. The zero-order chi connectivity index (χ0) is 17.6. The molecule has 0 unspecified atom stereocenters. The minimum Gasteiger partial charge on any atom is -0.351 e. The van der Waals surface area contributed by atoms with Crippen LogP contribution in [0.15, 0.2) is 30.5 Å². The average molecular weight is 361 g/mol. The molecule has 2 aliphatic rings. The van der Waals surface area contributed by atoms with Gasteiger partial charge in [0.05, 0.1) is 11.5 Å². The zero-order valence-corrected chi connectivity index (χ0v) is 15.2. The van der Waals surface area contributed by atoms with E-state index < -0.39 is 9.84 Å². The summed E-state index contributed by atoms with van der Waals surface area (Å²) >= 11 is 0. The number of nitrogens with zero attached hydrogens (tertiary/aromatic N) is 3. The average Bonchev–Trinajstić information content (AvgIpc) is 3.17. The van der Waals surface area contributed by atoms with E-state index in [-0.39, 0.29) is 17.7 Å². The number of piperazine rings is 1. The first-order chi connectivity index (χ1) is 11.9. The number of hydrogen-bond acceptors (Lipinski definition) is 4. The fourth-order valence-corrected chi connectivity index (χ4v) is 5.77. The van der Waals surface area contributed by atoms with Gasteiger partial charge in [-0.25, -0.2) is 8.42 Å². The third kappa shape index (κ3) is 3.06. The number of fused-ring (bicyclic) bond motifs is 1. The van der Waals surface area contributed by atoms with Gasteiger partial charge in [0, 0.05) is 61.9 Å². The second kappa shape index (κ2) is 6.14. The topological polar surface area (TPSA) is 62.6 Å². The third-order valence-corrected chi connectivity index (χ3v) is 7.23. The summed E-state index contributed by atoms with van der Waals surface area (Å²) in [7, 11) is -0.887. The summed E-state index contributed by atoms with van der Waals surface area (Å²) in [5.74, 6) is 0.632. The number of benzene rings is 1. The van der Waals surface area contributed by atoms with Gasteiger partial charge in [-0.3, -0.25) is 9.69 Å². The quantitative estimate of drug-likeness (QED) is 0.804. The van der Waals surface area contributed by atoms with Crippen LogP contribution in [0.25, 0.3) is 10.9 Å². The molecule has 0 radical (unpaired) electrons. The van der Waals surface area contributed by atoms with Gasteiger partial charge in [0.15, 0.2) is 9.84 Å². The first kappa shape index (κ1) is 16.6. The maximum Gasteiger partial charge on any atom is 0.254 e. The number of aryl methyl sites for hydroxylation is 1. The van der Waals surface area contributed by atoms with Crippen LogP contribution < -0.4 is 0 Å². The summed E-state index contributed by atoms with van der Waals surface area (Å²) in [6, 6.07) is 7.95. The summed E-state index contributed by atoms with van der Waals surface area (Å²) in [5.41, 5.74) is 1.80. The highest BCUT2D eigenvalue weighted by Gasteiger charge is 2.34. The van der Waals surface area contributed by atoms with Gasteiger partial charge in [0.1, 0.15) is 0 Å². The first-order valence-electron chi connectivity index (χ1n) is 8.72. The summed E-state index contributed by atoms with van der Waals surface area (Å²) < 4.78 is 25.4. The Bertz CT molecular complexity index is 911. The molecule has 134 valence electrons. The third-order valence-electron chi connectivity index (χ3n) is 5.48. The van der Waals surface area contributed by atoms with E-state index in [1.807, 2.05) is 47.0 Å². The predicted octanol–water partition coefficient (Wildman–Crippen LogP) is 1.12. The van der Waals surface area contributed by atoms with Crippen LogP contribution in [0.5, 0.6) is 0 Å². The van der Waals surface area contributed by atoms with E-state index in [4.69, 9.17) is 0 Å². The van der Waals surface area contributed by atoms with Crippen LogP contribution in [0.1, 0.15) is 16.8 Å². The van der Waals surface area contributed by atoms with E-state index in [1.54, 1.807) is 0 Å². The van der Waals surface area contributed by atoms with Crippen molar-refractivity contribution in [3.05, 3.63) is 36.0 Å². The number of carbonyl (C=O) groups is 1. The van der Waals surface area contributed by atoms with E-state index in [2.05, 4.69) is 4.90 Å². The predicted molar refractivity (Wildman–Crippen MR) is 97.5 cm³/mol. The lowest BCUT2D eigenvalue weighted by Crippen LogP contribution is -2.52. The molecular weight excluding hydrogens is 338 g/mol. The Morgan fingerprint density at radius 2 is 1.88 bits per heavy atom. The summed E-state index contributed by atoms with van der Waals surface area (Å²) in [5, 5.41) is 0.985. The van der Waals surface area contributed by atoms with Crippen LogP contribution in [-0.4, -0.2) is 72.4 Å². The van der Waals surface area contributed by atoms with Crippen molar-refractivity contribution in [3.63, 3.8) is 0 Å². The van der Waals surface area contributed by atoms with Crippen LogP contribution in [0.4, 0.5) is 0 Å². The molecule has 3 heterocycles. The van der Waals surface area contributed by atoms with Crippen LogP contribution in [0, 0.1) is 0 Å². The number of rotatable bonds is 2. The minimum atomic E-state index is -2.86. The molecule has 6 nitrogen and oxygen atoms in total. The second-order valence-electron chi connectivity index (χ2n) is 7.05. The Hall–Kier alpha value is -1.86. The lowest BCUT2D eigenvalue weighted by molar-refractivity contribution is 0.0589. The van der Waals surface area contributed by atoms with Gasteiger partial charge in [-0.1, -0.05) is 6.07 Å². The minimum absolute atomic E-state index is 0.0653. The molecular formula is C18H23N3O3S. The van der Waals surface area contributed by atoms with E-state index in [9.17, 15) is 13.2 Å². The van der Waals surface area contributed by atoms with Crippen molar-refractivity contribution in [3.8, 4) is 0 Å². The highest BCUT2D eigenvalue weighted by Crippen LogP contribution is 2.23. The Morgan fingerprint density at radius 3 is 2.56 bits per heavy atom. The largest absolute Gasteiger partial charge is 0.351 e. The second-order valence-corrected chi connectivity index (χ2v) is 9.28. The van der Waals surface area contributed by atoms with Crippen molar-refractivity contribution in [2.45, 2.75) is 12.5 Å². The smallest absolute Gasteiger partial charge is 0.254 e. The van der Waals surface area contributed by atoms with E-state index in [0.717, 1.165) is 36.0 Å². The zero-order valence-electron chi connectivity index (χ0n) is 14.4. The number of sulfone groups is 1. The lowest BCUT2D eigenvalue weighted by atomic mass is 10.1. The Morgan fingerprint density at radius 1 is 1.12 bits per heavy atom. The fraction of sp³-hybridized carbons (Fsp3) is 0.500. The SMILES string of the molecule is Cn1ccc2c(C(=O)N3CCN([C@@H]4CCS(=O)(=O)C4)CC3)cccc21. The molecule has 4 rings (SSSR count). The van der Waals surface area contributed by atoms with Crippen LogP contribution in [-0.2, 0) is 16.9 Å². The molecule has 2 fully saturated rings. The van der Waals surface area contributed by atoms with Gasteiger partial charge in [-0.15, -0.1) is 0 Å². The molecule has 0 bridgehead atoms. The van der Waals surface area contributed by atoms with Gasteiger partial charge in [0.25, 0.3) is 5.91 Å². The molecule has 2 saturated heterocycles. The van der Waals surface area contributed by atoms with Crippen LogP contribution in [0.2, 0.25) is 0 Å². The van der Waals surface area contributed by atoms with E-state index in [1.165, 1.54) is 0 Å². The van der Waals surface area contributed by atoms with Gasteiger partial charge >= 0.3 is 0 Å². The number of aromatic nitrogens is 1.